The van der Waals surface area contributed by atoms with Crippen LogP contribution in [-0.4, -0.2) is 29.1 Å². The fourth-order valence-electron chi connectivity index (χ4n) is 2.49. The summed E-state index contributed by atoms with van der Waals surface area (Å²) in [6.07, 6.45) is 2.26. The highest BCUT2D eigenvalue weighted by atomic mass is 19.1. The number of halogens is 1. The average Bonchev–Trinajstić information content (AvgIpc) is 3.04. The Morgan fingerprint density at radius 3 is 2.62 bits per heavy atom. The maximum atomic E-state index is 13.0. The van der Waals surface area contributed by atoms with Crippen molar-refractivity contribution in [3.63, 3.8) is 0 Å². The lowest BCUT2D eigenvalue weighted by Gasteiger charge is -2.08. The second-order valence-corrected chi connectivity index (χ2v) is 5.58. The number of ether oxygens (including phenoxy) is 1. The maximum Gasteiger partial charge on any atom is 0.259 e. The molecule has 1 heterocycles. The van der Waals surface area contributed by atoms with Crippen molar-refractivity contribution in [1.29, 1.82) is 0 Å². The maximum absolute atomic E-state index is 13.0. The Morgan fingerprint density at radius 1 is 1.23 bits per heavy atom. The SMILES string of the molecule is COc1cc(NC(=O)c2cn(-c3ccc(F)cc3)nc2C)ccc1C=O. The first-order chi connectivity index (χ1) is 12.5. The second kappa shape index (κ2) is 7.18. The van der Waals surface area contributed by atoms with Crippen LogP contribution in [0.5, 0.6) is 5.75 Å². The van der Waals surface area contributed by atoms with Gasteiger partial charge in [-0.05, 0) is 43.3 Å². The van der Waals surface area contributed by atoms with Crippen molar-refractivity contribution in [2.75, 3.05) is 12.4 Å². The summed E-state index contributed by atoms with van der Waals surface area (Å²) >= 11 is 0. The first-order valence-corrected chi connectivity index (χ1v) is 7.78. The van der Waals surface area contributed by atoms with Gasteiger partial charge in [-0.15, -0.1) is 0 Å². The Hall–Kier alpha value is -3.48. The molecule has 0 aliphatic heterocycles. The number of amides is 1. The number of hydrogen-bond acceptors (Lipinski definition) is 4. The van der Waals surface area contributed by atoms with Crippen LogP contribution in [0.25, 0.3) is 5.69 Å². The van der Waals surface area contributed by atoms with Crippen LogP contribution in [0.15, 0.2) is 48.7 Å². The topological polar surface area (TPSA) is 73.2 Å². The standard InChI is InChI=1S/C19H16FN3O3/c1-12-17(10-23(22-12)16-7-4-14(20)5-8-16)19(25)21-15-6-3-13(11-24)18(9-15)26-2/h3-11H,1-2H3,(H,21,25). The van der Waals surface area contributed by atoms with E-state index in [9.17, 15) is 14.0 Å². The van der Waals surface area contributed by atoms with Crippen molar-refractivity contribution in [3.8, 4) is 11.4 Å². The number of anilines is 1. The zero-order valence-electron chi connectivity index (χ0n) is 14.2. The van der Waals surface area contributed by atoms with Crippen molar-refractivity contribution >= 4 is 17.9 Å². The van der Waals surface area contributed by atoms with Crippen molar-refractivity contribution in [3.05, 3.63) is 71.3 Å². The zero-order valence-corrected chi connectivity index (χ0v) is 14.2. The molecule has 0 fully saturated rings. The molecule has 3 aromatic rings. The van der Waals surface area contributed by atoms with Crippen LogP contribution in [0.1, 0.15) is 26.4 Å². The first-order valence-electron chi connectivity index (χ1n) is 7.78. The van der Waals surface area contributed by atoms with Crippen LogP contribution < -0.4 is 10.1 Å². The molecule has 0 unspecified atom stereocenters. The molecule has 0 saturated carbocycles. The van der Waals surface area contributed by atoms with E-state index in [2.05, 4.69) is 10.4 Å². The summed E-state index contributed by atoms with van der Waals surface area (Å²) in [5.74, 6) is -0.323. The van der Waals surface area contributed by atoms with E-state index in [1.165, 1.54) is 23.9 Å². The van der Waals surface area contributed by atoms with Crippen LogP contribution in [0.2, 0.25) is 0 Å². The van der Waals surface area contributed by atoms with Crippen LogP contribution in [0.4, 0.5) is 10.1 Å². The molecule has 7 heteroatoms. The molecule has 1 amide bonds. The molecule has 132 valence electrons. The van der Waals surface area contributed by atoms with Crippen LogP contribution in [0, 0.1) is 12.7 Å². The molecule has 3 rings (SSSR count). The molecule has 0 radical (unpaired) electrons. The molecule has 0 aliphatic carbocycles. The van der Waals surface area contributed by atoms with Crippen LogP contribution in [0.3, 0.4) is 0 Å². The van der Waals surface area contributed by atoms with Crippen LogP contribution in [-0.2, 0) is 0 Å². The van der Waals surface area contributed by atoms with Gasteiger partial charge in [0.1, 0.15) is 11.6 Å². The Balaban J connectivity index is 1.84. The van der Waals surface area contributed by atoms with Gasteiger partial charge in [-0.2, -0.15) is 5.10 Å². The van der Waals surface area contributed by atoms with Crippen molar-refractivity contribution in [2.45, 2.75) is 6.92 Å². The van der Waals surface area contributed by atoms with Gasteiger partial charge >= 0.3 is 0 Å². The molecular weight excluding hydrogens is 337 g/mol. The largest absolute Gasteiger partial charge is 0.496 e. The van der Waals surface area contributed by atoms with E-state index in [0.717, 1.165) is 0 Å². The number of nitrogens with one attached hydrogen (secondary N) is 1. The Labute approximate surface area is 149 Å². The molecule has 0 spiro atoms. The summed E-state index contributed by atoms with van der Waals surface area (Å²) in [6.45, 7) is 1.71. The lowest BCUT2D eigenvalue weighted by atomic mass is 10.2. The molecule has 1 aromatic heterocycles. The monoisotopic (exact) mass is 353 g/mol. The highest BCUT2D eigenvalue weighted by molar-refractivity contribution is 6.05. The summed E-state index contributed by atoms with van der Waals surface area (Å²) < 4.78 is 19.7. The number of aromatic nitrogens is 2. The third-order valence-corrected chi connectivity index (χ3v) is 3.85. The van der Waals surface area contributed by atoms with E-state index in [0.29, 0.717) is 40.2 Å². The molecule has 6 nitrogen and oxygen atoms in total. The van der Waals surface area contributed by atoms with E-state index in [1.807, 2.05) is 0 Å². The number of nitrogens with zero attached hydrogens (tertiary/aromatic N) is 2. The van der Waals surface area contributed by atoms with Gasteiger partial charge in [-0.25, -0.2) is 9.07 Å². The van der Waals surface area contributed by atoms with Crippen molar-refractivity contribution in [1.82, 2.24) is 9.78 Å². The summed E-state index contributed by atoms with van der Waals surface area (Å²) in [4.78, 5) is 23.5. The zero-order chi connectivity index (χ0) is 18.7. The lowest BCUT2D eigenvalue weighted by molar-refractivity contribution is 0.102. The van der Waals surface area contributed by atoms with Crippen LogP contribution >= 0.6 is 0 Å². The third kappa shape index (κ3) is 3.46. The van der Waals surface area contributed by atoms with Gasteiger partial charge < -0.3 is 10.1 Å². The quantitative estimate of drug-likeness (QED) is 0.714. The van der Waals surface area contributed by atoms with E-state index in [-0.39, 0.29) is 11.7 Å². The van der Waals surface area contributed by atoms with E-state index in [1.54, 1.807) is 43.5 Å². The van der Waals surface area contributed by atoms with Gasteiger partial charge in [0, 0.05) is 18.0 Å². The minimum atomic E-state index is -0.350. The summed E-state index contributed by atoms with van der Waals surface area (Å²) in [5.41, 5.74) is 2.44. The molecule has 1 N–H and O–H groups in total. The van der Waals surface area contributed by atoms with Crippen molar-refractivity contribution < 1.29 is 18.7 Å². The molecule has 0 bridgehead atoms. The number of hydrogen-bond donors (Lipinski definition) is 1. The molecular formula is C19H16FN3O3. The second-order valence-electron chi connectivity index (χ2n) is 5.58. The first kappa shape index (κ1) is 17.3. The fraction of sp³-hybridized carbons (Fsp3) is 0.105. The van der Waals surface area contributed by atoms with Gasteiger partial charge in [0.05, 0.1) is 29.6 Å². The lowest BCUT2D eigenvalue weighted by Crippen LogP contribution is -2.12. The van der Waals surface area contributed by atoms with Gasteiger partial charge in [-0.1, -0.05) is 0 Å². The normalized spacial score (nSPS) is 10.4. The minimum absolute atomic E-state index is 0.344. The number of benzene rings is 2. The predicted octanol–water partition coefficient (Wildman–Crippen LogP) is 3.39. The molecule has 0 atom stereocenters. The fourth-order valence-corrected chi connectivity index (χ4v) is 2.49. The van der Waals surface area contributed by atoms with E-state index < -0.39 is 0 Å². The number of rotatable bonds is 5. The number of carbonyl (C=O) groups is 2. The molecule has 26 heavy (non-hydrogen) atoms. The summed E-state index contributed by atoms with van der Waals surface area (Å²) in [7, 11) is 1.45. The average molecular weight is 353 g/mol. The Morgan fingerprint density at radius 2 is 1.96 bits per heavy atom. The molecule has 0 aliphatic rings. The number of methoxy groups -OCH3 is 1. The van der Waals surface area contributed by atoms with Crippen molar-refractivity contribution in [2.24, 2.45) is 0 Å². The Kier molecular flexibility index (Phi) is 4.79. The Bertz CT molecular complexity index is 965. The minimum Gasteiger partial charge on any atom is -0.496 e. The predicted molar refractivity (Wildman–Crippen MR) is 94.6 cm³/mol. The van der Waals surface area contributed by atoms with Gasteiger partial charge in [-0.3, -0.25) is 9.59 Å². The highest BCUT2D eigenvalue weighted by Crippen LogP contribution is 2.22. The van der Waals surface area contributed by atoms with Gasteiger partial charge in [0.25, 0.3) is 5.91 Å². The van der Waals surface area contributed by atoms with E-state index >= 15 is 0 Å². The number of aldehydes is 1. The number of carbonyl (C=O) groups excluding carboxylic acids is 2. The third-order valence-electron chi connectivity index (χ3n) is 3.85. The molecule has 2 aromatic carbocycles. The smallest absolute Gasteiger partial charge is 0.259 e. The summed E-state index contributed by atoms with van der Waals surface area (Å²) in [5, 5.41) is 7.05. The van der Waals surface area contributed by atoms with E-state index in [4.69, 9.17) is 4.74 Å². The van der Waals surface area contributed by atoms with Gasteiger partial charge in [0.2, 0.25) is 0 Å². The number of aryl methyl sites for hydroxylation is 1. The van der Waals surface area contributed by atoms with Gasteiger partial charge in [0.15, 0.2) is 6.29 Å². The summed E-state index contributed by atoms with van der Waals surface area (Å²) in [6, 6.07) is 10.6. The molecule has 0 saturated heterocycles. The highest BCUT2D eigenvalue weighted by Gasteiger charge is 2.15.